The third-order valence-electron chi connectivity index (χ3n) is 5.90. The first kappa shape index (κ1) is 18.3. The smallest absolute Gasteiger partial charge is 0.0320 e. The first-order valence-electron chi connectivity index (χ1n) is 9.37. The summed E-state index contributed by atoms with van der Waals surface area (Å²) in [6.45, 7) is 14.7. The monoisotopic (exact) mass is 343 g/mol. The second kappa shape index (κ2) is 7.37. The number of hydrogen-bond acceptors (Lipinski definition) is 1. The molecule has 2 aliphatic carbocycles. The summed E-state index contributed by atoms with van der Waals surface area (Å²) in [6.07, 6.45) is 14.9. The fourth-order valence-corrected chi connectivity index (χ4v) is 5.00. The van der Waals surface area contributed by atoms with Crippen molar-refractivity contribution in [1.29, 1.82) is 0 Å². The molecule has 134 valence electrons. The van der Waals surface area contributed by atoms with Gasteiger partial charge in [0.05, 0.1) is 0 Å². The third kappa shape index (κ3) is 2.63. The number of allylic oxidation sites excluding steroid dienone is 8. The van der Waals surface area contributed by atoms with Gasteiger partial charge < -0.3 is 5.32 Å². The van der Waals surface area contributed by atoms with Crippen molar-refractivity contribution in [3.8, 4) is 0 Å². The van der Waals surface area contributed by atoms with Gasteiger partial charge in [-0.25, -0.2) is 0 Å². The normalized spacial score (nSPS) is 30.9. The van der Waals surface area contributed by atoms with Crippen molar-refractivity contribution in [2.45, 2.75) is 25.2 Å². The molecule has 26 heavy (non-hydrogen) atoms. The molecule has 0 aliphatic heterocycles. The van der Waals surface area contributed by atoms with Crippen LogP contribution in [0, 0.1) is 11.8 Å². The van der Waals surface area contributed by atoms with Crippen LogP contribution in [0.5, 0.6) is 0 Å². The fourth-order valence-electron chi connectivity index (χ4n) is 5.00. The lowest BCUT2D eigenvalue weighted by Gasteiger charge is -2.48. The molecule has 0 heterocycles. The van der Waals surface area contributed by atoms with E-state index in [1.54, 1.807) is 0 Å². The second-order valence-electron chi connectivity index (χ2n) is 7.23. The van der Waals surface area contributed by atoms with Crippen LogP contribution in [0.4, 0.5) is 0 Å². The molecule has 1 heteroatoms. The summed E-state index contributed by atoms with van der Waals surface area (Å²) in [5.41, 5.74) is 6.48. The molecule has 1 saturated carbocycles. The predicted molar refractivity (Wildman–Crippen MR) is 114 cm³/mol. The molecular weight excluding hydrogens is 314 g/mol. The van der Waals surface area contributed by atoms with Gasteiger partial charge in [0.1, 0.15) is 0 Å². The number of benzene rings is 1. The second-order valence-corrected chi connectivity index (χ2v) is 7.23. The molecule has 2 aliphatic rings. The average Bonchev–Trinajstić information content (AvgIpc) is 2.94. The van der Waals surface area contributed by atoms with Crippen LogP contribution in [-0.2, 0) is 5.41 Å². The van der Waals surface area contributed by atoms with Gasteiger partial charge in [-0.2, -0.15) is 0 Å². The topological polar surface area (TPSA) is 12.0 Å². The van der Waals surface area contributed by atoms with Crippen LogP contribution in [0.25, 0.3) is 5.57 Å². The highest BCUT2D eigenvalue weighted by molar-refractivity contribution is 5.78. The maximum Gasteiger partial charge on any atom is 0.0320 e. The van der Waals surface area contributed by atoms with Crippen molar-refractivity contribution in [3.63, 3.8) is 0 Å². The van der Waals surface area contributed by atoms with Crippen molar-refractivity contribution in [2.24, 2.45) is 11.8 Å². The van der Waals surface area contributed by atoms with E-state index in [0.29, 0.717) is 11.8 Å². The van der Waals surface area contributed by atoms with Gasteiger partial charge in [0.15, 0.2) is 0 Å². The molecule has 0 saturated heterocycles. The van der Waals surface area contributed by atoms with E-state index in [1.807, 2.05) is 13.1 Å². The van der Waals surface area contributed by atoms with E-state index < -0.39 is 0 Å². The molecule has 0 radical (unpaired) electrons. The molecule has 3 rings (SSSR count). The zero-order valence-electron chi connectivity index (χ0n) is 16.0. The minimum atomic E-state index is -0.117. The van der Waals surface area contributed by atoms with Gasteiger partial charge in [0, 0.05) is 12.5 Å². The summed E-state index contributed by atoms with van der Waals surface area (Å²) < 4.78 is 0. The number of rotatable bonds is 4. The van der Waals surface area contributed by atoms with Gasteiger partial charge in [-0.05, 0) is 65.6 Å². The molecule has 1 aromatic carbocycles. The molecule has 0 bridgehead atoms. The highest BCUT2D eigenvalue weighted by atomic mass is 14.8. The lowest BCUT2D eigenvalue weighted by atomic mass is 9.55. The molecule has 0 aromatic heterocycles. The molecule has 1 nitrogen and oxygen atoms in total. The Balaban J connectivity index is 2.36. The van der Waals surface area contributed by atoms with Crippen molar-refractivity contribution in [3.05, 3.63) is 103 Å². The first-order chi connectivity index (χ1) is 12.6. The van der Waals surface area contributed by atoms with E-state index in [4.69, 9.17) is 0 Å². The molecule has 1 fully saturated rings. The summed E-state index contributed by atoms with van der Waals surface area (Å²) >= 11 is 0. The van der Waals surface area contributed by atoms with Gasteiger partial charge >= 0.3 is 0 Å². The maximum absolute atomic E-state index is 4.42. The number of nitrogens with one attached hydrogen (secondary N) is 1. The predicted octanol–water partition coefficient (Wildman–Crippen LogP) is 5.96. The van der Waals surface area contributed by atoms with Crippen molar-refractivity contribution >= 4 is 5.57 Å². The quantitative estimate of drug-likeness (QED) is 0.666. The molecule has 1 spiro atoms. The van der Waals surface area contributed by atoms with Gasteiger partial charge in [-0.15, -0.1) is 6.58 Å². The molecular formula is C25H29N. The highest BCUT2D eigenvalue weighted by Crippen LogP contribution is 2.61. The summed E-state index contributed by atoms with van der Waals surface area (Å²) in [5.74, 6) is 0.734. The Kier molecular flexibility index (Phi) is 5.18. The van der Waals surface area contributed by atoms with Gasteiger partial charge in [-0.1, -0.05) is 67.8 Å². The Morgan fingerprint density at radius 2 is 2.00 bits per heavy atom. The van der Waals surface area contributed by atoms with Crippen molar-refractivity contribution < 1.29 is 0 Å². The lowest BCUT2D eigenvalue weighted by Crippen LogP contribution is -2.43. The van der Waals surface area contributed by atoms with E-state index in [9.17, 15) is 0 Å². The van der Waals surface area contributed by atoms with Crippen molar-refractivity contribution in [2.75, 3.05) is 7.05 Å². The molecule has 0 amide bonds. The van der Waals surface area contributed by atoms with Crippen LogP contribution in [0.3, 0.4) is 0 Å². The first-order valence-corrected chi connectivity index (χ1v) is 9.37. The minimum absolute atomic E-state index is 0.117. The Morgan fingerprint density at radius 1 is 1.23 bits per heavy atom. The SMILES string of the molecule is C=CC=C1/C(=C\NC)CC(C=C)C(/C=C\C)C12CC(=C)c1ccccc12. The Labute approximate surface area is 158 Å². The Bertz CT molecular complexity index is 820. The van der Waals surface area contributed by atoms with E-state index in [1.165, 1.54) is 27.8 Å². The van der Waals surface area contributed by atoms with Crippen LogP contribution in [0.1, 0.15) is 30.9 Å². The molecule has 1 N–H and O–H groups in total. The van der Waals surface area contributed by atoms with Crippen LogP contribution >= 0.6 is 0 Å². The third-order valence-corrected chi connectivity index (χ3v) is 5.90. The van der Waals surface area contributed by atoms with Crippen LogP contribution in [0.15, 0.2) is 91.7 Å². The Morgan fingerprint density at radius 3 is 2.65 bits per heavy atom. The standard InChI is InChI=1S/C25H29N/c1-6-11-22-19(8-3)15-20(17-26-5)23(12-7-2)25(22)16-18(4)21-13-9-10-14-24(21)25/h6-14,17,19,22,26H,2-4,15-16H2,1,5H3/b11-6-,20-17-,23-12?. The van der Waals surface area contributed by atoms with Crippen molar-refractivity contribution in [1.82, 2.24) is 5.32 Å². The lowest BCUT2D eigenvalue weighted by molar-refractivity contribution is 0.286. The van der Waals surface area contributed by atoms with Crippen LogP contribution in [0.2, 0.25) is 0 Å². The zero-order chi connectivity index (χ0) is 18.7. The summed E-state index contributed by atoms with van der Waals surface area (Å²) in [4.78, 5) is 0. The summed E-state index contributed by atoms with van der Waals surface area (Å²) in [5, 5.41) is 3.25. The van der Waals surface area contributed by atoms with Gasteiger partial charge in [0.2, 0.25) is 0 Å². The maximum atomic E-state index is 4.42. The summed E-state index contributed by atoms with van der Waals surface area (Å²) in [7, 11) is 1.97. The molecule has 3 atom stereocenters. The van der Waals surface area contributed by atoms with Crippen LogP contribution < -0.4 is 5.32 Å². The van der Waals surface area contributed by atoms with Gasteiger partial charge in [-0.3, -0.25) is 0 Å². The van der Waals surface area contributed by atoms with Gasteiger partial charge in [0.25, 0.3) is 0 Å². The van der Waals surface area contributed by atoms with E-state index in [-0.39, 0.29) is 5.41 Å². The fraction of sp³-hybridized carbons (Fsp3) is 0.280. The van der Waals surface area contributed by atoms with Crippen LogP contribution in [-0.4, -0.2) is 7.05 Å². The minimum Gasteiger partial charge on any atom is -0.394 e. The number of fused-ring (bicyclic) bond motifs is 2. The molecule has 3 unspecified atom stereocenters. The largest absolute Gasteiger partial charge is 0.394 e. The molecule has 1 aromatic rings. The van der Waals surface area contributed by atoms with E-state index >= 15 is 0 Å². The van der Waals surface area contributed by atoms with E-state index in [2.05, 4.69) is 86.7 Å². The zero-order valence-corrected chi connectivity index (χ0v) is 16.0. The Hall–Kier alpha value is -2.54. The summed E-state index contributed by atoms with van der Waals surface area (Å²) in [6, 6.07) is 8.76. The highest BCUT2D eigenvalue weighted by Gasteiger charge is 2.53. The van der Waals surface area contributed by atoms with E-state index in [0.717, 1.165) is 12.8 Å². The average molecular weight is 344 g/mol. The number of hydrogen-bond donors (Lipinski definition) is 1.